The molecule has 0 saturated carbocycles. The summed E-state index contributed by atoms with van der Waals surface area (Å²) < 4.78 is 78.9. The Morgan fingerprint density at radius 2 is 0.948 bits per heavy atom. The van der Waals surface area contributed by atoms with Gasteiger partial charge in [-0.3, -0.25) is 24.4 Å². The van der Waals surface area contributed by atoms with Gasteiger partial charge in [-0.1, -0.05) is 24.3 Å². The zero-order valence-corrected chi connectivity index (χ0v) is 78.1. The molecule has 700 valence electrons. The SMILES string of the molecule is C=[O+]c1ncc(F)cc1C=O.COc1cc(Cc2c[nH]c3ncc(C)cc23)cnc1CCc1cc(F)cnc1OC.COc1cc(Cc2c[nH]c3ncc(C)cc23)cnc1N.COc1ccc(CN(C(=O)OC(C)(C)C)c2ncc(C(O)c3c[nH]c4ncc(C)cc34)cc2OC)cc1.COc1ccc(CN(C(=O)OC(C)(C)C)c2ncc(C=O)cc2OC)cc1.Cc1cnc2[nH]ccc2c1. The van der Waals surface area contributed by atoms with Crippen molar-refractivity contribution in [1.29, 1.82) is 0 Å². The highest BCUT2D eigenvalue weighted by Crippen LogP contribution is 2.37. The molecule has 0 saturated heterocycles. The molecule has 14 heterocycles. The molecule has 0 spiro atoms. The van der Waals surface area contributed by atoms with E-state index in [1.165, 1.54) is 72.2 Å². The highest BCUT2D eigenvalue weighted by Gasteiger charge is 2.31. The van der Waals surface area contributed by atoms with Crippen LogP contribution in [0.1, 0.15) is 146 Å². The largest absolute Gasteiger partial charge is 0.497 e. The first kappa shape index (κ1) is 99.4. The summed E-state index contributed by atoms with van der Waals surface area (Å²) in [7, 11) is 10.9. The Balaban J connectivity index is 0.000000163. The third kappa shape index (κ3) is 27.1. The molecule has 0 fully saturated rings. The Hall–Kier alpha value is -16.1. The highest BCUT2D eigenvalue weighted by molar-refractivity contribution is 5.91. The number of carbonyl (C=O) groups excluding carboxylic acids is 5. The lowest BCUT2D eigenvalue weighted by molar-refractivity contribution is -0.360. The maximum absolute atomic E-state index is 13.6. The Labute approximate surface area is 778 Å². The number of rotatable bonds is 25. The number of nitrogens with zero attached hydrogens (tertiary/aromatic N) is 12. The number of halogens is 2. The van der Waals surface area contributed by atoms with Gasteiger partial charge in [-0.15, -0.1) is 0 Å². The minimum absolute atomic E-state index is 0.0291. The van der Waals surface area contributed by atoms with E-state index in [9.17, 15) is 33.1 Å². The number of nitrogen functional groups attached to an aromatic ring is 1. The number of carbonyl (C=O) groups is 4. The first-order chi connectivity index (χ1) is 64.7. The summed E-state index contributed by atoms with van der Waals surface area (Å²) in [4.78, 5) is 105. The second-order valence-corrected chi connectivity index (χ2v) is 32.9. The van der Waals surface area contributed by atoms with Crippen molar-refractivity contribution in [3.8, 4) is 46.3 Å². The number of H-pyrrole nitrogens is 4. The van der Waals surface area contributed by atoms with Gasteiger partial charge in [0.1, 0.15) is 74.3 Å². The summed E-state index contributed by atoms with van der Waals surface area (Å²) in [5.74, 6) is 3.83. The van der Waals surface area contributed by atoms with Gasteiger partial charge in [0, 0.05) is 131 Å². The van der Waals surface area contributed by atoms with Gasteiger partial charge in [-0.2, -0.15) is 4.98 Å². The maximum atomic E-state index is 13.6. The number of fused-ring (bicyclic) bond motifs is 4. The fraction of sp³-hybridized carbons (Fsp3) is 0.257. The Morgan fingerprint density at radius 3 is 1.46 bits per heavy atom. The van der Waals surface area contributed by atoms with Gasteiger partial charge in [0.05, 0.1) is 80.9 Å². The summed E-state index contributed by atoms with van der Waals surface area (Å²) in [5, 5.41) is 15.5. The van der Waals surface area contributed by atoms with Gasteiger partial charge >= 0.3 is 18.1 Å². The first-order valence-electron chi connectivity index (χ1n) is 42.4. The molecular formula is C101H108F2N17O15+. The third-order valence-electron chi connectivity index (χ3n) is 20.4. The number of aryl methyl sites for hydroxylation is 6. The van der Waals surface area contributed by atoms with Crippen molar-refractivity contribution in [1.82, 2.24) is 69.8 Å². The molecule has 14 aromatic heterocycles. The predicted molar refractivity (Wildman–Crippen MR) is 511 cm³/mol. The van der Waals surface area contributed by atoms with Crippen molar-refractivity contribution in [3.63, 3.8) is 0 Å². The van der Waals surface area contributed by atoms with E-state index in [4.69, 9.17) is 48.4 Å². The number of aliphatic hydroxyl groups is 1. The highest BCUT2D eigenvalue weighted by atomic mass is 19.1. The molecule has 0 aliphatic heterocycles. The molecule has 135 heavy (non-hydrogen) atoms. The van der Waals surface area contributed by atoms with Gasteiger partial charge < -0.3 is 73.4 Å². The smallest absolute Gasteiger partial charge is 0.461 e. The quantitative estimate of drug-likeness (QED) is 0.0229. The summed E-state index contributed by atoms with van der Waals surface area (Å²) in [5.41, 5.74) is 21.5. The van der Waals surface area contributed by atoms with Crippen LogP contribution in [-0.4, -0.2) is 167 Å². The number of pyridine rings is 10. The number of anilines is 3. The molecule has 0 bridgehead atoms. The predicted octanol–water partition coefficient (Wildman–Crippen LogP) is 18.8. The lowest BCUT2D eigenvalue weighted by Gasteiger charge is -2.28. The van der Waals surface area contributed by atoms with Gasteiger partial charge in [0.25, 0.3) is 6.79 Å². The van der Waals surface area contributed by atoms with Crippen LogP contribution >= 0.6 is 0 Å². The molecule has 0 aliphatic carbocycles. The van der Waals surface area contributed by atoms with Crippen LogP contribution in [0.15, 0.2) is 202 Å². The van der Waals surface area contributed by atoms with E-state index in [2.05, 4.69) is 99.2 Å². The lowest BCUT2D eigenvalue weighted by Crippen LogP contribution is -2.37. The monoisotopic (exact) mass is 1840 g/mol. The van der Waals surface area contributed by atoms with Crippen LogP contribution in [-0.2, 0) is 52.7 Å². The zero-order chi connectivity index (χ0) is 97.2. The van der Waals surface area contributed by atoms with Crippen LogP contribution < -0.4 is 48.7 Å². The zero-order valence-electron chi connectivity index (χ0n) is 78.1. The van der Waals surface area contributed by atoms with E-state index in [1.54, 1.807) is 94.6 Å². The summed E-state index contributed by atoms with van der Waals surface area (Å²) in [6.45, 7) is 22.3. The minimum atomic E-state index is -0.982. The van der Waals surface area contributed by atoms with Crippen molar-refractivity contribution in [3.05, 3.63) is 303 Å². The van der Waals surface area contributed by atoms with E-state index < -0.39 is 35.3 Å². The van der Waals surface area contributed by atoms with Crippen molar-refractivity contribution < 1.29 is 80.1 Å². The Kier molecular flexibility index (Phi) is 34.0. The minimum Gasteiger partial charge on any atom is -0.497 e. The van der Waals surface area contributed by atoms with Gasteiger partial charge in [0.2, 0.25) is 5.88 Å². The number of amides is 2. The van der Waals surface area contributed by atoms with Gasteiger partial charge in [-0.05, 0) is 229 Å². The molecule has 32 nitrogen and oxygen atoms in total. The molecule has 1 unspecified atom stereocenters. The van der Waals surface area contributed by atoms with Crippen LogP contribution in [0.25, 0.3) is 44.1 Å². The Bertz CT molecular complexity index is 6770. The molecule has 2 aromatic carbocycles. The summed E-state index contributed by atoms with van der Waals surface area (Å²) >= 11 is 0. The van der Waals surface area contributed by atoms with Gasteiger partial charge in [-0.25, -0.2) is 62.7 Å². The molecular weight excluding hydrogens is 1730 g/mol. The normalized spacial score (nSPS) is 11.1. The molecule has 2 amide bonds. The average Bonchev–Trinajstić information content (AvgIpc) is 1.67. The van der Waals surface area contributed by atoms with Crippen molar-refractivity contribution in [2.24, 2.45) is 0 Å². The first-order valence-corrected chi connectivity index (χ1v) is 42.4. The third-order valence-corrected chi connectivity index (χ3v) is 20.4. The molecule has 34 heteroatoms. The number of benzene rings is 2. The van der Waals surface area contributed by atoms with Crippen LogP contribution in [0.5, 0.6) is 46.3 Å². The molecule has 0 aliphatic rings. The number of methoxy groups -OCH3 is 7. The summed E-state index contributed by atoms with van der Waals surface area (Å²) in [6, 6.07) is 34.7. The van der Waals surface area contributed by atoms with E-state index in [1.807, 2.05) is 144 Å². The van der Waals surface area contributed by atoms with Crippen LogP contribution in [0.3, 0.4) is 0 Å². The fourth-order valence-corrected chi connectivity index (χ4v) is 13.8. The number of hydrogen-bond donors (Lipinski definition) is 6. The van der Waals surface area contributed by atoms with Gasteiger partial charge in [0.15, 0.2) is 47.3 Å². The standard InChI is InChI=1S/C28H32N4O5.C23H23FN4O2.C20H24N2O5.C15H16N4O.C8H8N2.C7H5FNO2/c1-17-11-21-22(15-30-25(21)29-13-17)24(33)19-12-23(36-6)26(31-14-19)32(27(34)37-28(2,3)4)16-18-7-9-20(35-5)10-8-18;1-14-6-19-17(12-27-22(19)26-10-14)7-15-8-21(29-2)20(25-11-15)5-4-16-9-18(24)13-28-23(16)30-3;1-20(2,3)27-19(24)22(12-14-6-8-16(25-4)9-7-14)18-17(26-5)10-15(13-23)11-21-18;1-9-3-12-11(8-19-15(12)18-6-9)4-10-5-13(20-2)14(16)17-7-10;1-6-4-7-2-3-9-8(7)10-5-6;1-11-7-5(4-10)2-6(8)3-9-7/h7-15,24,33H,16H2,1-6H3,(H,29,30);6,8-13H,4-5,7H2,1-3H3,(H,26,27);6-11,13H,12H2,1-5H3;3,5-8H,4H2,1-2H3,(H2,16,17)(H,18,19);2-5H,1H3,(H,9,10);2-4H,1H2/q;;;;;+1. The molecule has 16 rings (SSSR count). The second-order valence-electron chi connectivity index (χ2n) is 32.9. The van der Waals surface area contributed by atoms with Crippen LogP contribution in [0, 0.1) is 39.3 Å². The molecule has 0 radical (unpaired) electrons. The topological polar surface area (TPSA) is 407 Å². The second kappa shape index (κ2) is 46.1. The fourth-order valence-electron chi connectivity index (χ4n) is 13.8. The number of aromatic nitrogens is 14. The number of ether oxygens (including phenoxy) is 9. The number of hydrogen-bond acceptors (Lipinski definition) is 25. The Morgan fingerprint density at radius 1 is 0.467 bits per heavy atom. The number of nitrogens with two attached hydrogens (primary N) is 1. The van der Waals surface area contributed by atoms with E-state index >= 15 is 0 Å². The molecule has 16 aromatic rings. The van der Waals surface area contributed by atoms with E-state index in [0.29, 0.717) is 99.5 Å². The number of aliphatic hydroxyl groups excluding tert-OH is 1. The summed E-state index contributed by atoms with van der Waals surface area (Å²) in [6.07, 6.45) is 25.2. The average molecular weight is 1840 g/mol. The van der Waals surface area contributed by atoms with E-state index in [0.717, 1.165) is 115 Å². The number of aromatic amines is 4. The van der Waals surface area contributed by atoms with Crippen LogP contribution in [0.4, 0.5) is 35.8 Å². The molecule has 1 atom stereocenters. The molecule has 7 N–H and O–H groups in total. The van der Waals surface area contributed by atoms with E-state index in [-0.39, 0.29) is 42.0 Å². The van der Waals surface area contributed by atoms with Crippen LogP contribution in [0.2, 0.25) is 0 Å². The van der Waals surface area contributed by atoms with Crippen molar-refractivity contribution in [2.75, 3.05) is 65.3 Å². The lowest BCUT2D eigenvalue weighted by atomic mass is 10.0. The van der Waals surface area contributed by atoms with Crippen molar-refractivity contribution >= 4 is 93.1 Å². The maximum Gasteiger partial charge on any atom is 0.461 e. The van der Waals surface area contributed by atoms with Crippen molar-refractivity contribution in [2.45, 2.75) is 125 Å². The number of nitrogens with one attached hydrogen (secondary N) is 4. The number of aldehydes is 2.